The van der Waals surface area contributed by atoms with Gasteiger partial charge < -0.3 is 16.0 Å². The zero-order valence-electron chi connectivity index (χ0n) is 15.0. The Morgan fingerprint density at radius 1 is 1.00 bits per heavy atom. The molecule has 1 atom stereocenters. The number of hydrogen-bond donors (Lipinski definition) is 3. The lowest BCUT2D eigenvalue weighted by molar-refractivity contribution is -0.122. The van der Waals surface area contributed by atoms with Gasteiger partial charge in [0.1, 0.15) is 5.82 Å². The van der Waals surface area contributed by atoms with Crippen molar-refractivity contribution in [2.75, 3.05) is 11.9 Å². The van der Waals surface area contributed by atoms with Gasteiger partial charge in [-0.3, -0.25) is 4.79 Å². The number of rotatable bonds is 7. The van der Waals surface area contributed by atoms with E-state index in [1.807, 2.05) is 32.0 Å². The summed E-state index contributed by atoms with van der Waals surface area (Å²) in [4.78, 5) is 24.0. The van der Waals surface area contributed by atoms with Crippen molar-refractivity contribution in [2.24, 2.45) is 5.92 Å². The van der Waals surface area contributed by atoms with Gasteiger partial charge in [-0.25, -0.2) is 9.18 Å². The minimum atomic E-state index is -0.358. The maximum Gasteiger partial charge on any atom is 0.319 e. The Kier molecular flexibility index (Phi) is 7.14. The number of para-hydroxylation sites is 1. The van der Waals surface area contributed by atoms with Crippen LogP contribution in [0.3, 0.4) is 0 Å². The van der Waals surface area contributed by atoms with Crippen LogP contribution in [0, 0.1) is 11.7 Å². The fourth-order valence-corrected chi connectivity index (χ4v) is 2.54. The number of halogens is 1. The Bertz CT molecular complexity index is 718. The summed E-state index contributed by atoms with van der Waals surface area (Å²) in [6.07, 6.45) is 0.159. The summed E-state index contributed by atoms with van der Waals surface area (Å²) in [6, 6.07) is 14.6. The molecule has 0 bridgehead atoms. The minimum absolute atomic E-state index is 0.152. The van der Waals surface area contributed by atoms with Crippen LogP contribution in [0.1, 0.15) is 31.9 Å². The lowest BCUT2D eigenvalue weighted by Crippen LogP contribution is -2.36. The zero-order chi connectivity index (χ0) is 18.9. The number of carbonyl (C=O) groups is 2. The second kappa shape index (κ2) is 9.56. The molecule has 2 aromatic carbocycles. The lowest BCUT2D eigenvalue weighted by Gasteiger charge is -2.23. The number of anilines is 1. The molecular formula is C20H24FN3O2. The van der Waals surface area contributed by atoms with E-state index in [2.05, 4.69) is 16.0 Å². The van der Waals surface area contributed by atoms with Gasteiger partial charge in [0.05, 0.1) is 6.04 Å². The molecule has 0 saturated heterocycles. The smallest absolute Gasteiger partial charge is 0.319 e. The molecule has 0 radical (unpaired) electrons. The van der Waals surface area contributed by atoms with E-state index in [4.69, 9.17) is 0 Å². The van der Waals surface area contributed by atoms with Crippen LogP contribution < -0.4 is 16.0 Å². The Labute approximate surface area is 153 Å². The van der Waals surface area contributed by atoms with Gasteiger partial charge >= 0.3 is 6.03 Å². The van der Waals surface area contributed by atoms with Crippen LogP contribution in [0.25, 0.3) is 0 Å². The summed E-state index contributed by atoms with van der Waals surface area (Å²) in [5.74, 6) is -0.331. The fraction of sp³-hybridized carbons (Fsp3) is 0.300. The van der Waals surface area contributed by atoms with E-state index < -0.39 is 0 Å². The summed E-state index contributed by atoms with van der Waals surface area (Å²) in [5, 5.41) is 8.28. The summed E-state index contributed by atoms with van der Waals surface area (Å²) in [6.45, 7) is 4.19. The van der Waals surface area contributed by atoms with Gasteiger partial charge in [0.15, 0.2) is 0 Å². The van der Waals surface area contributed by atoms with Gasteiger partial charge in [-0.1, -0.05) is 44.2 Å². The molecule has 0 saturated carbocycles. The molecule has 0 aliphatic rings. The number of nitrogens with one attached hydrogen (secondary N) is 3. The highest BCUT2D eigenvalue weighted by molar-refractivity contribution is 5.89. The Morgan fingerprint density at radius 2 is 1.65 bits per heavy atom. The molecule has 0 aromatic heterocycles. The third kappa shape index (κ3) is 6.20. The monoisotopic (exact) mass is 357 g/mol. The topological polar surface area (TPSA) is 70.2 Å². The average molecular weight is 357 g/mol. The van der Waals surface area contributed by atoms with Gasteiger partial charge in [0.2, 0.25) is 5.91 Å². The zero-order valence-corrected chi connectivity index (χ0v) is 15.0. The van der Waals surface area contributed by atoms with Crippen molar-refractivity contribution in [1.82, 2.24) is 10.6 Å². The molecule has 0 aliphatic carbocycles. The van der Waals surface area contributed by atoms with Crippen molar-refractivity contribution in [3.05, 3.63) is 66.0 Å². The second-order valence-corrected chi connectivity index (χ2v) is 6.34. The van der Waals surface area contributed by atoms with Crippen molar-refractivity contribution in [2.45, 2.75) is 26.3 Å². The van der Waals surface area contributed by atoms with Gasteiger partial charge in [-0.2, -0.15) is 0 Å². The predicted octanol–water partition coefficient (Wildman–Crippen LogP) is 3.85. The maximum atomic E-state index is 13.1. The first-order chi connectivity index (χ1) is 12.5. The van der Waals surface area contributed by atoms with Gasteiger partial charge in [-0.15, -0.1) is 0 Å². The third-order valence-corrected chi connectivity index (χ3v) is 3.88. The number of urea groups is 1. The van der Waals surface area contributed by atoms with E-state index in [-0.39, 0.29) is 42.7 Å². The van der Waals surface area contributed by atoms with Crippen LogP contribution >= 0.6 is 0 Å². The third-order valence-electron chi connectivity index (χ3n) is 3.88. The molecule has 3 amide bonds. The number of carbonyl (C=O) groups excluding carboxylic acids is 2. The number of benzene rings is 2. The van der Waals surface area contributed by atoms with Gasteiger partial charge in [-0.05, 0) is 35.7 Å². The van der Waals surface area contributed by atoms with E-state index >= 15 is 0 Å². The van der Waals surface area contributed by atoms with Crippen LogP contribution in [0.15, 0.2) is 54.6 Å². The van der Waals surface area contributed by atoms with Gasteiger partial charge in [0, 0.05) is 18.7 Å². The molecule has 0 spiro atoms. The molecule has 1 unspecified atom stereocenters. The molecule has 6 heteroatoms. The van der Waals surface area contributed by atoms with Crippen LogP contribution in [0.2, 0.25) is 0 Å². The second-order valence-electron chi connectivity index (χ2n) is 6.34. The fourth-order valence-electron chi connectivity index (χ4n) is 2.54. The number of hydrogen-bond acceptors (Lipinski definition) is 2. The SMILES string of the molecule is CC(C)C(NC(=O)CCNC(=O)Nc1ccccc1)c1ccc(F)cc1. The Hall–Kier alpha value is -2.89. The van der Waals surface area contributed by atoms with Crippen molar-refractivity contribution in [3.8, 4) is 0 Å². The first-order valence-corrected chi connectivity index (χ1v) is 8.60. The first kappa shape index (κ1) is 19.4. The van der Waals surface area contributed by atoms with E-state index in [1.54, 1.807) is 24.3 Å². The molecule has 26 heavy (non-hydrogen) atoms. The Morgan fingerprint density at radius 3 is 2.27 bits per heavy atom. The Balaban J connectivity index is 1.79. The van der Waals surface area contributed by atoms with Crippen molar-refractivity contribution in [1.29, 1.82) is 0 Å². The maximum absolute atomic E-state index is 13.1. The van der Waals surface area contributed by atoms with Crippen molar-refractivity contribution >= 4 is 17.6 Å². The van der Waals surface area contributed by atoms with Crippen LogP contribution in [-0.4, -0.2) is 18.5 Å². The van der Waals surface area contributed by atoms with Crippen LogP contribution in [-0.2, 0) is 4.79 Å². The normalized spacial score (nSPS) is 11.7. The van der Waals surface area contributed by atoms with Crippen molar-refractivity contribution in [3.63, 3.8) is 0 Å². The largest absolute Gasteiger partial charge is 0.349 e. The highest BCUT2D eigenvalue weighted by atomic mass is 19.1. The quantitative estimate of drug-likeness (QED) is 0.704. The van der Waals surface area contributed by atoms with E-state index in [1.165, 1.54) is 12.1 Å². The van der Waals surface area contributed by atoms with Crippen LogP contribution in [0.4, 0.5) is 14.9 Å². The highest BCUT2D eigenvalue weighted by Crippen LogP contribution is 2.22. The minimum Gasteiger partial charge on any atom is -0.349 e. The molecule has 0 aliphatic heterocycles. The molecule has 2 aromatic rings. The highest BCUT2D eigenvalue weighted by Gasteiger charge is 2.18. The van der Waals surface area contributed by atoms with Crippen molar-refractivity contribution < 1.29 is 14.0 Å². The molecule has 0 heterocycles. The molecule has 2 rings (SSSR count). The molecule has 138 valence electrons. The predicted molar refractivity (Wildman–Crippen MR) is 100 cm³/mol. The first-order valence-electron chi connectivity index (χ1n) is 8.60. The summed E-state index contributed by atoms with van der Waals surface area (Å²) >= 11 is 0. The van der Waals surface area contributed by atoms with E-state index in [9.17, 15) is 14.0 Å². The number of amides is 3. The van der Waals surface area contributed by atoms with E-state index in [0.717, 1.165) is 5.56 Å². The van der Waals surface area contributed by atoms with E-state index in [0.29, 0.717) is 5.69 Å². The van der Waals surface area contributed by atoms with Gasteiger partial charge in [0.25, 0.3) is 0 Å². The average Bonchev–Trinajstić information content (AvgIpc) is 2.61. The molecule has 3 N–H and O–H groups in total. The molecule has 0 fully saturated rings. The molecule has 5 nitrogen and oxygen atoms in total. The standard InChI is InChI=1S/C20H24FN3O2/c1-14(2)19(15-8-10-16(21)11-9-15)24-18(25)12-13-22-20(26)23-17-6-4-3-5-7-17/h3-11,14,19H,12-13H2,1-2H3,(H,24,25)(H2,22,23,26). The summed E-state index contributed by atoms with van der Waals surface area (Å²) in [5.41, 5.74) is 1.54. The summed E-state index contributed by atoms with van der Waals surface area (Å²) in [7, 11) is 0. The summed E-state index contributed by atoms with van der Waals surface area (Å²) < 4.78 is 13.1. The van der Waals surface area contributed by atoms with Crippen LogP contribution in [0.5, 0.6) is 0 Å². The lowest BCUT2D eigenvalue weighted by atomic mass is 9.96. The molecular weight excluding hydrogens is 333 g/mol.